The predicted molar refractivity (Wildman–Crippen MR) is 162 cm³/mol. The molecule has 1 aliphatic rings. The lowest BCUT2D eigenvalue weighted by atomic mass is 9.86. The van der Waals surface area contributed by atoms with Gasteiger partial charge in [0.2, 0.25) is 0 Å². The summed E-state index contributed by atoms with van der Waals surface area (Å²) in [6.07, 6.45) is 0. The molecule has 0 saturated heterocycles. The molecule has 1 aliphatic heterocycles. The zero-order chi connectivity index (χ0) is 29.9. The van der Waals surface area contributed by atoms with Crippen molar-refractivity contribution in [3.63, 3.8) is 0 Å². The van der Waals surface area contributed by atoms with E-state index >= 15 is 0 Å². The van der Waals surface area contributed by atoms with Gasteiger partial charge < -0.3 is 9.05 Å². The third-order valence-electron chi connectivity index (χ3n) is 7.44. The first-order valence-electron chi connectivity index (χ1n) is 13.0. The van der Waals surface area contributed by atoms with Crippen LogP contribution in [0.25, 0.3) is 54.9 Å². The molecule has 43 heavy (non-hydrogen) atoms. The fourth-order valence-corrected chi connectivity index (χ4v) is 6.42. The molecule has 0 aromatic heterocycles. The predicted octanol–water partition coefficient (Wildman–Crippen LogP) is 8.68. The Morgan fingerprint density at radius 1 is 0.581 bits per heavy atom. The van der Waals surface area contributed by atoms with Crippen molar-refractivity contribution >= 4 is 40.7 Å². The minimum atomic E-state index is -4.81. The van der Waals surface area contributed by atoms with Gasteiger partial charge in [0.25, 0.3) is 11.4 Å². The first-order valence-corrected chi connectivity index (χ1v) is 14.5. The molecule has 0 fully saturated rings. The number of hydrogen-bond acceptors (Lipinski definition) is 7. The summed E-state index contributed by atoms with van der Waals surface area (Å²) in [4.78, 5) is 32.7. The lowest BCUT2D eigenvalue weighted by Crippen LogP contribution is -2.00. The van der Waals surface area contributed by atoms with Crippen LogP contribution >= 0.6 is 7.82 Å². The van der Waals surface area contributed by atoms with Crippen LogP contribution < -0.4 is 9.05 Å². The highest BCUT2D eigenvalue weighted by Gasteiger charge is 2.37. The molecule has 0 saturated carbocycles. The van der Waals surface area contributed by atoms with E-state index in [4.69, 9.17) is 9.05 Å². The Labute approximate surface area is 243 Å². The second kappa shape index (κ2) is 9.77. The fraction of sp³-hybridized carbons (Fsp3) is 0. The van der Waals surface area contributed by atoms with E-state index in [0.29, 0.717) is 33.4 Å². The number of non-ortho nitro benzene ring substituents is 2. The van der Waals surface area contributed by atoms with Gasteiger partial charge in [-0.3, -0.25) is 25.1 Å². The molecule has 0 radical (unpaired) electrons. The van der Waals surface area contributed by atoms with E-state index in [1.54, 1.807) is 24.3 Å². The number of nitro benzene ring substituents is 2. The summed E-state index contributed by atoms with van der Waals surface area (Å²) in [7, 11) is -4.81. The summed E-state index contributed by atoms with van der Waals surface area (Å²) in [5.41, 5.74) is 2.77. The Kier molecular flexibility index (Phi) is 5.98. The van der Waals surface area contributed by atoms with Crippen LogP contribution in [0.2, 0.25) is 0 Å². The number of rotatable bonds is 4. The van der Waals surface area contributed by atoms with E-state index in [2.05, 4.69) is 0 Å². The van der Waals surface area contributed by atoms with E-state index in [1.807, 2.05) is 60.7 Å². The van der Waals surface area contributed by atoms with Gasteiger partial charge in [-0.1, -0.05) is 48.5 Å². The molecule has 6 aromatic carbocycles. The molecule has 10 nitrogen and oxygen atoms in total. The molecule has 0 unspecified atom stereocenters. The first-order chi connectivity index (χ1) is 20.7. The Morgan fingerprint density at radius 3 is 1.33 bits per heavy atom. The van der Waals surface area contributed by atoms with Gasteiger partial charge in [-0.2, -0.15) is 0 Å². The minimum Gasteiger partial charge on any atom is -0.394 e. The molecule has 0 aliphatic carbocycles. The summed E-state index contributed by atoms with van der Waals surface area (Å²) in [6, 6.07) is 30.3. The normalized spacial score (nSPS) is 13.3. The maximum atomic E-state index is 13.6. The number of hydrogen-bond donors (Lipinski definition) is 1. The van der Waals surface area contributed by atoms with Crippen molar-refractivity contribution in [2.45, 2.75) is 0 Å². The van der Waals surface area contributed by atoms with E-state index in [1.165, 1.54) is 24.3 Å². The SMILES string of the molecule is O=[N+]([O-])c1ccc(-c2cc3ccccc3c3c2OP(=O)(O)Oc2c(-c4ccc([N+](=O)[O-])cc4)cc4ccccc4c2-3)cc1. The molecule has 1 heterocycles. The highest BCUT2D eigenvalue weighted by Crippen LogP contribution is 2.61. The maximum Gasteiger partial charge on any atom is 0.584 e. The van der Waals surface area contributed by atoms with E-state index in [9.17, 15) is 29.7 Å². The highest BCUT2D eigenvalue weighted by atomic mass is 31.2. The van der Waals surface area contributed by atoms with Crippen LogP contribution in [0.15, 0.2) is 109 Å². The summed E-state index contributed by atoms with van der Waals surface area (Å²) >= 11 is 0. The molecule has 210 valence electrons. The molecule has 0 atom stereocenters. The van der Waals surface area contributed by atoms with E-state index < -0.39 is 17.7 Å². The second-order valence-corrected chi connectivity index (χ2v) is 11.3. The molecule has 1 N–H and O–H groups in total. The molecular formula is C32H19N2O8P. The quantitative estimate of drug-likeness (QED) is 0.122. The van der Waals surface area contributed by atoms with E-state index in [0.717, 1.165) is 21.5 Å². The van der Waals surface area contributed by atoms with Gasteiger partial charge >= 0.3 is 7.82 Å². The number of phosphoric acid groups is 1. The topological polar surface area (TPSA) is 142 Å². The average molecular weight is 590 g/mol. The van der Waals surface area contributed by atoms with Gasteiger partial charge in [0.1, 0.15) is 11.5 Å². The van der Waals surface area contributed by atoms with Gasteiger partial charge in [-0.15, -0.1) is 0 Å². The molecule has 0 spiro atoms. The molecule has 0 amide bonds. The Bertz CT molecular complexity index is 2030. The van der Waals surface area contributed by atoms with Crippen LogP contribution in [0, 0.1) is 20.2 Å². The monoisotopic (exact) mass is 590 g/mol. The number of phosphoric ester groups is 1. The number of nitrogens with zero attached hydrogens (tertiary/aromatic N) is 2. The van der Waals surface area contributed by atoms with Crippen molar-refractivity contribution in [3.8, 4) is 44.9 Å². The van der Waals surface area contributed by atoms with Gasteiger partial charge in [0, 0.05) is 46.5 Å². The average Bonchev–Trinajstić information content (AvgIpc) is 3.13. The molecule has 0 bridgehead atoms. The second-order valence-electron chi connectivity index (χ2n) is 9.96. The largest absolute Gasteiger partial charge is 0.584 e. The third-order valence-corrected chi connectivity index (χ3v) is 8.27. The summed E-state index contributed by atoms with van der Waals surface area (Å²) in [5.74, 6) is 0.172. The van der Waals surface area contributed by atoms with Crippen molar-refractivity contribution in [3.05, 3.63) is 129 Å². The van der Waals surface area contributed by atoms with Gasteiger partial charge in [-0.05, 0) is 69.1 Å². The molecule has 11 heteroatoms. The Hall–Kier alpha value is -5.57. The van der Waals surface area contributed by atoms with Gasteiger partial charge in [-0.25, -0.2) is 4.57 Å². The van der Waals surface area contributed by atoms with Crippen molar-refractivity contribution in [2.24, 2.45) is 0 Å². The fourth-order valence-electron chi connectivity index (χ4n) is 5.55. The number of nitro groups is 2. The minimum absolute atomic E-state index is 0.0862. The number of fused-ring (bicyclic) bond motifs is 7. The third kappa shape index (κ3) is 4.46. The molecule has 7 rings (SSSR count). The van der Waals surface area contributed by atoms with Crippen molar-refractivity contribution in [1.82, 2.24) is 0 Å². The van der Waals surface area contributed by atoms with Crippen LogP contribution in [0.5, 0.6) is 11.5 Å². The van der Waals surface area contributed by atoms with Crippen LogP contribution in [-0.4, -0.2) is 14.7 Å². The van der Waals surface area contributed by atoms with Gasteiger partial charge in [0.05, 0.1) is 9.85 Å². The van der Waals surface area contributed by atoms with E-state index in [-0.39, 0.29) is 22.9 Å². The summed E-state index contributed by atoms with van der Waals surface area (Å²) < 4.78 is 25.3. The summed E-state index contributed by atoms with van der Waals surface area (Å²) in [5, 5.41) is 25.7. The lowest BCUT2D eigenvalue weighted by Gasteiger charge is -2.18. The zero-order valence-electron chi connectivity index (χ0n) is 22.0. The van der Waals surface area contributed by atoms with Crippen LogP contribution in [0.3, 0.4) is 0 Å². The maximum absolute atomic E-state index is 13.6. The zero-order valence-corrected chi connectivity index (χ0v) is 22.9. The smallest absolute Gasteiger partial charge is 0.394 e. The highest BCUT2D eigenvalue weighted by molar-refractivity contribution is 7.48. The van der Waals surface area contributed by atoms with Crippen LogP contribution in [0.4, 0.5) is 11.4 Å². The van der Waals surface area contributed by atoms with Gasteiger partial charge in [0.15, 0.2) is 0 Å². The van der Waals surface area contributed by atoms with Crippen molar-refractivity contribution in [2.75, 3.05) is 0 Å². The van der Waals surface area contributed by atoms with Crippen LogP contribution in [0.1, 0.15) is 0 Å². The Morgan fingerprint density at radius 2 is 0.953 bits per heavy atom. The standard InChI is InChI=1S/C32H19N2O8P/c35-33(36)23-13-9-19(10-14-23)27-17-21-5-1-3-7-25(21)29-30-26-8-4-2-6-22(26)18-28(20-11-15-24(16-12-20)34(37)38)32(30)42-43(39,40)41-31(27)29/h1-18H,(H,39,40). The van der Waals surface area contributed by atoms with Crippen molar-refractivity contribution in [1.29, 1.82) is 0 Å². The Balaban J connectivity index is 1.62. The lowest BCUT2D eigenvalue weighted by molar-refractivity contribution is -0.385. The van der Waals surface area contributed by atoms with Crippen molar-refractivity contribution < 1.29 is 28.4 Å². The molecule has 6 aromatic rings. The number of benzene rings is 6. The summed E-state index contributed by atoms with van der Waals surface area (Å²) in [6.45, 7) is 0. The van der Waals surface area contributed by atoms with Crippen LogP contribution in [-0.2, 0) is 4.57 Å². The first kappa shape index (κ1) is 26.3. The molecular weight excluding hydrogens is 571 g/mol.